The van der Waals surface area contributed by atoms with Crippen LogP contribution in [0.2, 0.25) is 0 Å². The van der Waals surface area contributed by atoms with Crippen molar-refractivity contribution in [2.24, 2.45) is 0 Å². The summed E-state index contributed by atoms with van der Waals surface area (Å²) >= 11 is 3.39. The summed E-state index contributed by atoms with van der Waals surface area (Å²) in [5.41, 5.74) is 1.14. The van der Waals surface area contributed by atoms with E-state index in [0.717, 1.165) is 36.4 Å². The molecule has 1 atom stereocenters. The highest BCUT2D eigenvalue weighted by Crippen LogP contribution is 2.19. The first-order valence-electron chi connectivity index (χ1n) is 4.94. The highest BCUT2D eigenvalue weighted by molar-refractivity contribution is 9.09. The molecule has 0 saturated carbocycles. The zero-order valence-corrected chi connectivity index (χ0v) is 9.74. The van der Waals surface area contributed by atoms with Gasteiger partial charge in [0.1, 0.15) is 6.29 Å². The predicted octanol–water partition coefficient (Wildman–Crippen LogP) is 3.53. The third-order valence-electron chi connectivity index (χ3n) is 2.29. The first-order valence-corrected chi connectivity index (χ1v) is 6.07. The zero-order valence-electron chi connectivity index (χ0n) is 8.16. The SMILES string of the molecule is O=CC(CCCCBr)c1ccccc1. The molecule has 1 unspecified atom stereocenters. The topological polar surface area (TPSA) is 17.1 Å². The molecule has 0 radical (unpaired) electrons. The van der Waals surface area contributed by atoms with Crippen molar-refractivity contribution in [3.8, 4) is 0 Å². The molecule has 1 aromatic rings. The Kier molecular flexibility index (Phi) is 5.53. The number of halogens is 1. The summed E-state index contributed by atoms with van der Waals surface area (Å²) in [6.07, 6.45) is 4.25. The summed E-state index contributed by atoms with van der Waals surface area (Å²) in [5, 5.41) is 1.02. The van der Waals surface area contributed by atoms with Gasteiger partial charge >= 0.3 is 0 Å². The van der Waals surface area contributed by atoms with E-state index >= 15 is 0 Å². The molecule has 0 aromatic heterocycles. The van der Waals surface area contributed by atoms with Gasteiger partial charge in [0.15, 0.2) is 0 Å². The molecule has 0 amide bonds. The molecule has 0 N–H and O–H groups in total. The molecule has 0 spiro atoms. The maximum absolute atomic E-state index is 10.9. The maximum atomic E-state index is 10.9. The second kappa shape index (κ2) is 6.77. The van der Waals surface area contributed by atoms with Crippen molar-refractivity contribution in [3.63, 3.8) is 0 Å². The summed E-state index contributed by atoms with van der Waals surface area (Å²) in [4.78, 5) is 10.9. The van der Waals surface area contributed by atoms with E-state index in [-0.39, 0.29) is 5.92 Å². The molecular formula is C12H15BrO. The lowest BCUT2D eigenvalue weighted by Crippen LogP contribution is -2.00. The summed E-state index contributed by atoms with van der Waals surface area (Å²) in [6.45, 7) is 0. The minimum atomic E-state index is 0.0789. The molecule has 0 bridgehead atoms. The van der Waals surface area contributed by atoms with Gasteiger partial charge in [0.25, 0.3) is 0 Å². The van der Waals surface area contributed by atoms with Crippen LogP contribution in [0.25, 0.3) is 0 Å². The molecule has 14 heavy (non-hydrogen) atoms. The molecule has 2 heteroatoms. The standard InChI is InChI=1S/C12H15BrO/c13-9-5-4-8-12(10-14)11-6-2-1-3-7-11/h1-3,6-7,10,12H,4-5,8-9H2. The van der Waals surface area contributed by atoms with E-state index in [0.29, 0.717) is 0 Å². The van der Waals surface area contributed by atoms with Gasteiger partial charge in [0, 0.05) is 11.2 Å². The second-order valence-corrected chi connectivity index (χ2v) is 4.13. The van der Waals surface area contributed by atoms with Crippen LogP contribution in [0.1, 0.15) is 30.7 Å². The number of aldehydes is 1. The zero-order chi connectivity index (χ0) is 10.2. The average molecular weight is 255 g/mol. The summed E-state index contributed by atoms with van der Waals surface area (Å²) in [5.74, 6) is 0.0789. The Hall–Kier alpha value is -0.630. The third-order valence-corrected chi connectivity index (χ3v) is 2.85. The first-order chi connectivity index (χ1) is 6.88. The maximum Gasteiger partial charge on any atom is 0.127 e. The molecular weight excluding hydrogens is 240 g/mol. The third kappa shape index (κ3) is 3.62. The number of carbonyl (C=O) groups is 1. The Morgan fingerprint density at radius 1 is 1.21 bits per heavy atom. The minimum absolute atomic E-state index is 0.0789. The van der Waals surface area contributed by atoms with Gasteiger partial charge in [0.05, 0.1) is 0 Å². The highest BCUT2D eigenvalue weighted by atomic mass is 79.9. The first kappa shape index (κ1) is 11.4. The quantitative estimate of drug-likeness (QED) is 0.431. The van der Waals surface area contributed by atoms with Crippen LogP contribution in [0.5, 0.6) is 0 Å². The fourth-order valence-electron chi connectivity index (χ4n) is 1.47. The molecule has 0 heterocycles. The summed E-state index contributed by atoms with van der Waals surface area (Å²) in [6, 6.07) is 9.98. The molecule has 0 aliphatic heterocycles. The van der Waals surface area contributed by atoms with Crippen molar-refractivity contribution >= 4 is 22.2 Å². The Morgan fingerprint density at radius 2 is 1.93 bits per heavy atom. The van der Waals surface area contributed by atoms with Gasteiger partial charge in [-0.15, -0.1) is 0 Å². The number of rotatable bonds is 6. The number of hydrogen-bond donors (Lipinski definition) is 0. The van der Waals surface area contributed by atoms with Gasteiger partial charge in [-0.3, -0.25) is 0 Å². The van der Waals surface area contributed by atoms with Crippen molar-refractivity contribution in [1.82, 2.24) is 0 Å². The van der Waals surface area contributed by atoms with Crippen molar-refractivity contribution in [2.45, 2.75) is 25.2 Å². The fourth-order valence-corrected chi connectivity index (χ4v) is 1.87. The normalized spacial score (nSPS) is 12.4. The van der Waals surface area contributed by atoms with Crippen LogP contribution in [0.3, 0.4) is 0 Å². The minimum Gasteiger partial charge on any atom is -0.303 e. The van der Waals surface area contributed by atoms with Crippen LogP contribution in [-0.4, -0.2) is 11.6 Å². The van der Waals surface area contributed by atoms with Crippen molar-refractivity contribution < 1.29 is 4.79 Å². The van der Waals surface area contributed by atoms with Crippen LogP contribution in [0.4, 0.5) is 0 Å². The van der Waals surface area contributed by atoms with Crippen LogP contribution in [-0.2, 0) is 4.79 Å². The van der Waals surface area contributed by atoms with E-state index < -0.39 is 0 Å². The van der Waals surface area contributed by atoms with Crippen molar-refractivity contribution in [3.05, 3.63) is 35.9 Å². The smallest absolute Gasteiger partial charge is 0.127 e. The van der Waals surface area contributed by atoms with Gasteiger partial charge in [-0.2, -0.15) is 0 Å². The van der Waals surface area contributed by atoms with E-state index in [1.165, 1.54) is 0 Å². The van der Waals surface area contributed by atoms with Gasteiger partial charge in [0.2, 0.25) is 0 Å². The molecule has 0 aliphatic rings. The van der Waals surface area contributed by atoms with Crippen LogP contribution >= 0.6 is 15.9 Å². The number of hydrogen-bond acceptors (Lipinski definition) is 1. The van der Waals surface area contributed by atoms with Gasteiger partial charge in [-0.05, 0) is 18.4 Å². The molecule has 1 nitrogen and oxygen atoms in total. The molecule has 76 valence electrons. The Labute approximate surface area is 93.7 Å². The van der Waals surface area contributed by atoms with Gasteiger partial charge in [-0.25, -0.2) is 0 Å². The monoisotopic (exact) mass is 254 g/mol. The summed E-state index contributed by atoms with van der Waals surface area (Å²) < 4.78 is 0. The van der Waals surface area contributed by atoms with E-state index in [9.17, 15) is 4.79 Å². The van der Waals surface area contributed by atoms with E-state index in [2.05, 4.69) is 15.9 Å². The number of unbranched alkanes of at least 4 members (excludes halogenated alkanes) is 1. The molecule has 0 aliphatic carbocycles. The van der Waals surface area contributed by atoms with Crippen LogP contribution in [0, 0.1) is 0 Å². The average Bonchev–Trinajstić information content (AvgIpc) is 2.26. The summed E-state index contributed by atoms with van der Waals surface area (Å²) in [7, 11) is 0. The Balaban J connectivity index is 2.50. The molecule has 0 fully saturated rings. The second-order valence-electron chi connectivity index (χ2n) is 3.34. The predicted molar refractivity (Wildman–Crippen MR) is 62.9 cm³/mol. The van der Waals surface area contributed by atoms with E-state index in [1.807, 2.05) is 30.3 Å². The lowest BCUT2D eigenvalue weighted by Gasteiger charge is -2.09. The Bertz CT molecular complexity index is 258. The lowest BCUT2D eigenvalue weighted by molar-refractivity contribution is -0.109. The van der Waals surface area contributed by atoms with E-state index in [1.54, 1.807) is 0 Å². The molecule has 0 saturated heterocycles. The molecule has 1 rings (SSSR count). The van der Waals surface area contributed by atoms with Gasteiger partial charge < -0.3 is 4.79 Å². The fraction of sp³-hybridized carbons (Fsp3) is 0.417. The number of carbonyl (C=O) groups excluding carboxylic acids is 1. The lowest BCUT2D eigenvalue weighted by atomic mass is 9.95. The van der Waals surface area contributed by atoms with Crippen molar-refractivity contribution in [1.29, 1.82) is 0 Å². The van der Waals surface area contributed by atoms with Crippen LogP contribution in [0.15, 0.2) is 30.3 Å². The van der Waals surface area contributed by atoms with Crippen LogP contribution < -0.4 is 0 Å². The largest absolute Gasteiger partial charge is 0.303 e. The Morgan fingerprint density at radius 3 is 2.50 bits per heavy atom. The highest BCUT2D eigenvalue weighted by Gasteiger charge is 2.08. The molecule has 1 aromatic carbocycles. The van der Waals surface area contributed by atoms with Gasteiger partial charge in [-0.1, -0.05) is 52.7 Å². The van der Waals surface area contributed by atoms with Crippen molar-refractivity contribution in [2.75, 3.05) is 5.33 Å². The van der Waals surface area contributed by atoms with E-state index in [4.69, 9.17) is 0 Å². The number of alkyl halides is 1. The number of benzene rings is 1.